The smallest absolute Gasteiger partial charge is 0.155 e. The molecule has 6 unspecified atom stereocenters. The summed E-state index contributed by atoms with van der Waals surface area (Å²) in [6.45, 7) is 4.56. The van der Waals surface area contributed by atoms with Crippen LogP contribution in [-0.2, 0) is 4.79 Å². The lowest BCUT2D eigenvalue weighted by molar-refractivity contribution is -0.116. The van der Waals surface area contributed by atoms with Crippen LogP contribution >= 0.6 is 0 Å². The van der Waals surface area contributed by atoms with Gasteiger partial charge in [0, 0.05) is 6.42 Å². The highest BCUT2D eigenvalue weighted by atomic mass is 16.1. The van der Waals surface area contributed by atoms with Crippen molar-refractivity contribution < 1.29 is 4.79 Å². The monoisotopic (exact) mass is 311 g/mol. The molecule has 0 aromatic rings. The molecule has 4 aliphatic carbocycles. The number of ketones is 1. The quantitative estimate of drug-likeness (QED) is 0.680. The van der Waals surface area contributed by atoms with Crippen molar-refractivity contribution in [2.45, 2.75) is 71.6 Å². The Balaban J connectivity index is 1.67. The lowest BCUT2D eigenvalue weighted by atomic mass is 9.48. The van der Waals surface area contributed by atoms with E-state index < -0.39 is 0 Å². The number of fused-ring (bicyclic) bond motifs is 5. The SMILES string of the molecule is CCC12CCC3C4CCC(=O)C=C4CCC3C1CCC2(C)C#N. The first-order valence-electron chi connectivity index (χ1n) is 9.69. The summed E-state index contributed by atoms with van der Waals surface area (Å²) in [6.07, 6.45) is 12.3. The molecule has 0 heterocycles. The van der Waals surface area contributed by atoms with E-state index in [1.54, 1.807) is 0 Å². The Labute approximate surface area is 140 Å². The number of nitriles is 1. The molecule has 4 aliphatic rings. The number of carbonyl (C=O) groups is 1. The third kappa shape index (κ3) is 1.95. The van der Waals surface area contributed by atoms with Crippen molar-refractivity contribution in [2.24, 2.45) is 34.5 Å². The van der Waals surface area contributed by atoms with Gasteiger partial charge in [-0.2, -0.15) is 5.26 Å². The number of hydrogen-bond donors (Lipinski definition) is 0. The Bertz CT molecular complexity index is 599. The van der Waals surface area contributed by atoms with E-state index in [-0.39, 0.29) is 10.8 Å². The number of carbonyl (C=O) groups excluding carboxylic acids is 1. The molecule has 2 heteroatoms. The first-order chi connectivity index (χ1) is 11.0. The fourth-order valence-corrected chi connectivity index (χ4v) is 7.26. The van der Waals surface area contributed by atoms with Gasteiger partial charge in [-0.25, -0.2) is 0 Å². The van der Waals surface area contributed by atoms with Gasteiger partial charge in [0.25, 0.3) is 0 Å². The average Bonchev–Trinajstić information content (AvgIpc) is 2.88. The van der Waals surface area contributed by atoms with Gasteiger partial charge in [-0.05, 0) is 93.5 Å². The average molecular weight is 311 g/mol. The van der Waals surface area contributed by atoms with Crippen molar-refractivity contribution >= 4 is 5.78 Å². The van der Waals surface area contributed by atoms with E-state index in [1.807, 2.05) is 6.08 Å². The van der Waals surface area contributed by atoms with Gasteiger partial charge in [0.05, 0.1) is 11.5 Å². The van der Waals surface area contributed by atoms with Crippen molar-refractivity contribution in [1.82, 2.24) is 0 Å². The van der Waals surface area contributed by atoms with Crippen LogP contribution in [0.15, 0.2) is 11.6 Å². The topological polar surface area (TPSA) is 40.9 Å². The molecule has 0 aromatic heterocycles. The van der Waals surface area contributed by atoms with Crippen molar-refractivity contribution in [3.8, 4) is 6.07 Å². The van der Waals surface area contributed by atoms with E-state index in [1.165, 1.54) is 31.3 Å². The predicted octanol–water partition coefficient (Wildman–Crippen LogP) is 5.05. The lowest BCUT2D eigenvalue weighted by Gasteiger charge is -2.56. The van der Waals surface area contributed by atoms with Gasteiger partial charge >= 0.3 is 0 Å². The maximum Gasteiger partial charge on any atom is 0.155 e. The fraction of sp³-hybridized carbons (Fsp3) is 0.810. The van der Waals surface area contributed by atoms with Gasteiger partial charge in [0.2, 0.25) is 0 Å². The summed E-state index contributed by atoms with van der Waals surface area (Å²) < 4.78 is 0. The molecule has 0 bridgehead atoms. The summed E-state index contributed by atoms with van der Waals surface area (Å²) in [7, 11) is 0. The summed E-state index contributed by atoms with van der Waals surface area (Å²) in [5.74, 6) is 3.36. The van der Waals surface area contributed by atoms with Gasteiger partial charge in [0.15, 0.2) is 5.78 Å². The van der Waals surface area contributed by atoms with Crippen molar-refractivity contribution in [3.63, 3.8) is 0 Å². The zero-order valence-electron chi connectivity index (χ0n) is 14.6. The minimum atomic E-state index is -0.115. The Kier molecular flexibility index (Phi) is 3.49. The minimum Gasteiger partial charge on any atom is -0.295 e. The van der Waals surface area contributed by atoms with Crippen LogP contribution in [0.1, 0.15) is 71.6 Å². The maximum absolute atomic E-state index is 11.8. The van der Waals surface area contributed by atoms with E-state index in [2.05, 4.69) is 19.9 Å². The normalized spacial score (nSPS) is 48.7. The molecule has 4 rings (SSSR count). The first kappa shape index (κ1) is 15.4. The zero-order valence-corrected chi connectivity index (χ0v) is 14.6. The van der Waals surface area contributed by atoms with E-state index >= 15 is 0 Å². The molecule has 0 aliphatic heterocycles. The second-order valence-electron chi connectivity index (χ2n) is 8.83. The van der Waals surface area contributed by atoms with Gasteiger partial charge in [0.1, 0.15) is 0 Å². The highest BCUT2D eigenvalue weighted by Gasteiger charge is 2.62. The van der Waals surface area contributed by atoms with Crippen LogP contribution in [-0.4, -0.2) is 5.78 Å². The molecular formula is C21H29NO. The highest BCUT2D eigenvalue weighted by Crippen LogP contribution is 2.68. The van der Waals surface area contributed by atoms with Crippen molar-refractivity contribution in [3.05, 3.63) is 11.6 Å². The second kappa shape index (κ2) is 5.20. The Morgan fingerprint density at radius 3 is 2.74 bits per heavy atom. The van der Waals surface area contributed by atoms with Gasteiger partial charge in [-0.15, -0.1) is 0 Å². The molecule has 0 aromatic carbocycles. The molecule has 2 nitrogen and oxygen atoms in total. The molecule has 124 valence electrons. The standard InChI is InChI=1S/C21H29NO/c1-3-21-11-8-17-16-7-5-15(23)12-14(16)4-6-18(17)19(21)9-10-20(21,2)13-22/h12,16-19H,3-11H2,1-2H3. The molecule has 3 fully saturated rings. The molecule has 0 saturated heterocycles. The van der Waals surface area contributed by atoms with Crippen LogP contribution < -0.4 is 0 Å². The van der Waals surface area contributed by atoms with Crippen LogP contribution in [0, 0.1) is 45.8 Å². The van der Waals surface area contributed by atoms with Crippen LogP contribution in [0.25, 0.3) is 0 Å². The Hall–Kier alpha value is -1.10. The van der Waals surface area contributed by atoms with Crippen LogP contribution in [0.3, 0.4) is 0 Å². The third-order valence-corrected chi connectivity index (χ3v) is 8.44. The highest BCUT2D eigenvalue weighted by molar-refractivity contribution is 5.91. The maximum atomic E-state index is 11.8. The molecule has 0 radical (unpaired) electrons. The van der Waals surface area contributed by atoms with Crippen LogP contribution in [0.2, 0.25) is 0 Å². The first-order valence-corrected chi connectivity index (χ1v) is 9.69. The molecule has 3 saturated carbocycles. The fourth-order valence-electron chi connectivity index (χ4n) is 7.26. The number of nitrogens with zero attached hydrogens (tertiary/aromatic N) is 1. The lowest BCUT2D eigenvalue weighted by Crippen LogP contribution is -2.49. The molecule has 0 spiro atoms. The Morgan fingerprint density at radius 1 is 1.17 bits per heavy atom. The number of hydrogen-bond acceptors (Lipinski definition) is 2. The summed E-state index contributed by atoms with van der Waals surface area (Å²) in [6, 6.07) is 2.73. The van der Waals surface area contributed by atoms with Crippen LogP contribution in [0.5, 0.6) is 0 Å². The molecule has 0 N–H and O–H groups in total. The molecule has 6 atom stereocenters. The Morgan fingerprint density at radius 2 is 2.00 bits per heavy atom. The van der Waals surface area contributed by atoms with Gasteiger partial charge in [-0.1, -0.05) is 12.5 Å². The van der Waals surface area contributed by atoms with Gasteiger partial charge < -0.3 is 0 Å². The van der Waals surface area contributed by atoms with Gasteiger partial charge in [-0.3, -0.25) is 4.79 Å². The summed E-state index contributed by atoms with van der Waals surface area (Å²) in [5.41, 5.74) is 1.61. The minimum absolute atomic E-state index is 0.115. The molecule has 0 amide bonds. The van der Waals surface area contributed by atoms with E-state index in [0.717, 1.165) is 49.9 Å². The largest absolute Gasteiger partial charge is 0.295 e. The summed E-state index contributed by atoms with van der Waals surface area (Å²) in [5, 5.41) is 9.88. The third-order valence-electron chi connectivity index (χ3n) is 8.44. The summed E-state index contributed by atoms with van der Waals surface area (Å²) in [4.78, 5) is 11.8. The molecular weight excluding hydrogens is 282 g/mol. The van der Waals surface area contributed by atoms with E-state index in [9.17, 15) is 10.1 Å². The van der Waals surface area contributed by atoms with Crippen molar-refractivity contribution in [2.75, 3.05) is 0 Å². The number of rotatable bonds is 1. The second-order valence-corrected chi connectivity index (χ2v) is 8.83. The van der Waals surface area contributed by atoms with Crippen molar-refractivity contribution in [1.29, 1.82) is 5.26 Å². The van der Waals surface area contributed by atoms with Crippen LogP contribution in [0.4, 0.5) is 0 Å². The molecule has 23 heavy (non-hydrogen) atoms. The number of allylic oxidation sites excluding steroid dienone is 1. The zero-order chi connectivity index (χ0) is 16.2. The van der Waals surface area contributed by atoms with E-state index in [0.29, 0.717) is 11.7 Å². The van der Waals surface area contributed by atoms with E-state index in [4.69, 9.17) is 0 Å². The predicted molar refractivity (Wildman–Crippen MR) is 90.4 cm³/mol. The summed E-state index contributed by atoms with van der Waals surface area (Å²) >= 11 is 0.